The minimum Gasteiger partial charge on any atom is -0.352 e. The molecule has 2 aliphatic heterocycles. The van der Waals surface area contributed by atoms with Crippen molar-refractivity contribution < 1.29 is 14.4 Å². The summed E-state index contributed by atoms with van der Waals surface area (Å²) >= 11 is 0. The summed E-state index contributed by atoms with van der Waals surface area (Å²) in [6, 6.07) is 0.199. The maximum absolute atomic E-state index is 12.5. The summed E-state index contributed by atoms with van der Waals surface area (Å²) < 4.78 is 0. The van der Waals surface area contributed by atoms with Crippen molar-refractivity contribution in [1.29, 1.82) is 0 Å². The van der Waals surface area contributed by atoms with Crippen molar-refractivity contribution in [2.75, 3.05) is 33.2 Å². The van der Waals surface area contributed by atoms with Crippen LogP contribution in [0.5, 0.6) is 0 Å². The summed E-state index contributed by atoms with van der Waals surface area (Å²) in [7, 11) is 1.58. The van der Waals surface area contributed by atoms with Gasteiger partial charge in [-0.05, 0) is 19.8 Å². The van der Waals surface area contributed by atoms with Crippen molar-refractivity contribution in [1.82, 2.24) is 20.1 Å². The maximum Gasteiger partial charge on any atom is 0.270 e. The Kier molecular flexibility index (Phi) is 4.84. The van der Waals surface area contributed by atoms with Gasteiger partial charge in [0.25, 0.3) is 5.91 Å². The predicted octanol–water partition coefficient (Wildman–Crippen LogP) is -0.594. The molecule has 0 radical (unpaired) electrons. The van der Waals surface area contributed by atoms with Crippen molar-refractivity contribution in [3.63, 3.8) is 0 Å². The molecule has 1 unspecified atom stereocenters. The Morgan fingerprint density at radius 3 is 2.42 bits per heavy atom. The fraction of sp³-hybridized carbons (Fsp3) is 0.750. The molecule has 0 spiro atoms. The van der Waals surface area contributed by atoms with Crippen LogP contribution >= 0.6 is 0 Å². The largest absolute Gasteiger partial charge is 0.352 e. The summed E-state index contributed by atoms with van der Waals surface area (Å²) in [6.45, 7) is 4.42. The Morgan fingerprint density at radius 1 is 1.17 bits per heavy atom. The van der Waals surface area contributed by atoms with E-state index in [4.69, 9.17) is 0 Å². The fourth-order valence-electron chi connectivity index (χ4n) is 3.03. The molecular weight excluding hydrogens is 310 g/mol. The monoisotopic (exact) mass is 335 g/mol. The van der Waals surface area contributed by atoms with Crippen LogP contribution in [-0.4, -0.2) is 83.6 Å². The first-order valence-electron chi connectivity index (χ1n) is 8.63. The lowest BCUT2D eigenvalue weighted by atomic mass is 10.1. The lowest BCUT2D eigenvalue weighted by Gasteiger charge is -2.37. The average molecular weight is 335 g/mol. The van der Waals surface area contributed by atoms with Crippen LogP contribution in [0.4, 0.5) is 0 Å². The Balaban J connectivity index is 1.51. The van der Waals surface area contributed by atoms with Crippen molar-refractivity contribution in [2.24, 2.45) is 5.10 Å². The molecule has 1 saturated carbocycles. The number of hydrogen-bond donors (Lipinski definition) is 1. The highest BCUT2D eigenvalue weighted by molar-refractivity contribution is 6.39. The number of nitrogens with one attached hydrogen (secondary N) is 1. The summed E-state index contributed by atoms with van der Waals surface area (Å²) in [5.41, 5.74) is 0.449. The van der Waals surface area contributed by atoms with E-state index in [-0.39, 0.29) is 23.8 Å². The molecule has 3 rings (SSSR count). The zero-order valence-electron chi connectivity index (χ0n) is 14.3. The summed E-state index contributed by atoms with van der Waals surface area (Å²) in [5, 5.41) is 8.37. The van der Waals surface area contributed by atoms with Crippen LogP contribution in [0.25, 0.3) is 0 Å². The fourth-order valence-corrected chi connectivity index (χ4v) is 3.03. The van der Waals surface area contributed by atoms with E-state index in [0.717, 1.165) is 12.8 Å². The number of carbonyl (C=O) groups excluding carboxylic acids is 3. The minimum absolute atomic E-state index is 0.0631. The first kappa shape index (κ1) is 16.9. The molecule has 132 valence electrons. The van der Waals surface area contributed by atoms with Crippen LogP contribution < -0.4 is 5.32 Å². The van der Waals surface area contributed by atoms with E-state index in [9.17, 15) is 14.4 Å². The Labute approximate surface area is 141 Å². The van der Waals surface area contributed by atoms with Gasteiger partial charge in [0.15, 0.2) is 0 Å². The van der Waals surface area contributed by atoms with Crippen LogP contribution in [-0.2, 0) is 14.4 Å². The highest BCUT2D eigenvalue weighted by Gasteiger charge is 2.32. The van der Waals surface area contributed by atoms with E-state index >= 15 is 0 Å². The number of nitrogens with zero attached hydrogens (tertiary/aromatic N) is 4. The third kappa shape index (κ3) is 3.75. The zero-order valence-corrected chi connectivity index (χ0v) is 14.3. The van der Waals surface area contributed by atoms with Gasteiger partial charge in [-0.15, -0.1) is 0 Å². The summed E-state index contributed by atoms with van der Waals surface area (Å²) in [5.74, 6) is -0.0787. The van der Waals surface area contributed by atoms with Crippen molar-refractivity contribution in [3.05, 3.63) is 0 Å². The third-order valence-corrected chi connectivity index (χ3v) is 4.91. The molecule has 1 aliphatic carbocycles. The molecule has 1 atom stereocenters. The molecule has 0 bridgehead atoms. The van der Waals surface area contributed by atoms with Gasteiger partial charge in [0, 0.05) is 52.1 Å². The molecular formula is C16H25N5O3. The smallest absolute Gasteiger partial charge is 0.270 e. The number of piperazine rings is 1. The Bertz CT molecular complexity index is 564. The van der Waals surface area contributed by atoms with Crippen LogP contribution in [0, 0.1) is 0 Å². The van der Waals surface area contributed by atoms with Crippen LogP contribution in [0.15, 0.2) is 5.10 Å². The number of rotatable bonds is 4. The second-order valence-corrected chi connectivity index (χ2v) is 6.75. The van der Waals surface area contributed by atoms with Gasteiger partial charge in [-0.3, -0.25) is 19.3 Å². The quantitative estimate of drug-likeness (QED) is 0.744. The molecule has 0 aromatic rings. The Hall–Kier alpha value is -1.96. The van der Waals surface area contributed by atoms with Crippen LogP contribution in [0.2, 0.25) is 0 Å². The van der Waals surface area contributed by atoms with E-state index < -0.39 is 0 Å². The highest BCUT2D eigenvalue weighted by Crippen LogP contribution is 2.19. The van der Waals surface area contributed by atoms with Crippen molar-refractivity contribution in [2.45, 2.75) is 44.7 Å². The third-order valence-electron chi connectivity index (χ3n) is 4.91. The second-order valence-electron chi connectivity index (χ2n) is 6.75. The van der Waals surface area contributed by atoms with Crippen LogP contribution in [0.1, 0.15) is 32.6 Å². The number of amides is 3. The molecule has 1 saturated heterocycles. The van der Waals surface area contributed by atoms with E-state index in [2.05, 4.69) is 15.3 Å². The van der Waals surface area contributed by atoms with E-state index in [1.807, 2.05) is 6.92 Å². The summed E-state index contributed by atoms with van der Waals surface area (Å²) in [6.07, 6.45) is 2.90. The van der Waals surface area contributed by atoms with E-state index in [1.54, 1.807) is 11.9 Å². The molecule has 24 heavy (non-hydrogen) atoms. The normalized spacial score (nSPS) is 23.8. The van der Waals surface area contributed by atoms with Crippen molar-refractivity contribution >= 4 is 23.4 Å². The summed E-state index contributed by atoms with van der Waals surface area (Å²) in [4.78, 5) is 40.0. The number of carbonyl (C=O) groups is 3. The molecule has 0 aromatic carbocycles. The lowest BCUT2D eigenvalue weighted by molar-refractivity contribution is -0.131. The first-order chi connectivity index (χ1) is 11.5. The zero-order chi connectivity index (χ0) is 17.3. The number of hydrazone groups is 1. The van der Waals surface area contributed by atoms with Gasteiger partial charge < -0.3 is 10.2 Å². The van der Waals surface area contributed by atoms with Gasteiger partial charge in [0.1, 0.15) is 5.71 Å². The average Bonchev–Trinajstić information content (AvgIpc) is 3.40. The molecule has 8 heteroatoms. The number of hydrogen-bond acceptors (Lipinski definition) is 5. The maximum atomic E-state index is 12.5. The molecule has 8 nitrogen and oxygen atoms in total. The predicted molar refractivity (Wildman–Crippen MR) is 88.2 cm³/mol. The molecule has 3 aliphatic rings. The first-order valence-corrected chi connectivity index (χ1v) is 8.63. The van der Waals surface area contributed by atoms with E-state index in [1.165, 1.54) is 5.01 Å². The molecule has 1 N–H and O–H groups in total. The molecule has 2 fully saturated rings. The van der Waals surface area contributed by atoms with Gasteiger partial charge >= 0.3 is 0 Å². The lowest BCUT2D eigenvalue weighted by Crippen LogP contribution is -2.56. The SMILES string of the molecule is CC(C(=O)NC1CC1)N1CCN(C(=O)C2=NN(C)C(=O)CC2)CC1. The molecule has 3 amide bonds. The van der Waals surface area contributed by atoms with Gasteiger partial charge in [-0.25, -0.2) is 5.01 Å². The van der Waals surface area contributed by atoms with Crippen LogP contribution in [0.3, 0.4) is 0 Å². The van der Waals surface area contributed by atoms with Crippen molar-refractivity contribution in [3.8, 4) is 0 Å². The molecule has 2 heterocycles. The highest BCUT2D eigenvalue weighted by atomic mass is 16.2. The van der Waals surface area contributed by atoms with E-state index in [0.29, 0.717) is 50.8 Å². The van der Waals surface area contributed by atoms with Gasteiger partial charge in [0.2, 0.25) is 11.8 Å². The van der Waals surface area contributed by atoms with Gasteiger partial charge in [0.05, 0.1) is 6.04 Å². The topological polar surface area (TPSA) is 85.3 Å². The Morgan fingerprint density at radius 2 is 1.83 bits per heavy atom. The van der Waals surface area contributed by atoms with Gasteiger partial charge in [-0.2, -0.15) is 5.10 Å². The standard InChI is InChI=1S/C16H25N5O3/c1-11(15(23)17-12-3-4-12)20-7-9-21(10-8-20)16(24)13-5-6-14(22)19(2)18-13/h11-12H,3-10H2,1-2H3,(H,17,23). The second kappa shape index (κ2) is 6.88. The minimum atomic E-state index is -0.168. The van der Waals surface area contributed by atoms with Gasteiger partial charge in [-0.1, -0.05) is 0 Å². The molecule has 0 aromatic heterocycles.